The number of fused-ring (bicyclic) bond motifs is 1. The minimum absolute atomic E-state index is 0.0911. The van der Waals surface area contributed by atoms with Gasteiger partial charge in [-0.1, -0.05) is 0 Å². The van der Waals surface area contributed by atoms with Gasteiger partial charge in [0.25, 0.3) is 0 Å². The van der Waals surface area contributed by atoms with Crippen molar-refractivity contribution < 1.29 is 17.6 Å². The summed E-state index contributed by atoms with van der Waals surface area (Å²) in [4.78, 5) is 16.6. The van der Waals surface area contributed by atoms with Gasteiger partial charge in [-0.2, -0.15) is 4.31 Å². The first-order chi connectivity index (χ1) is 11.4. The van der Waals surface area contributed by atoms with Crippen LogP contribution in [0.2, 0.25) is 0 Å². The summed E-state index contributed by atoms with van der Waals surface area (Å²) in [5.74, 6) is 0.367. The molecule has 0 saturated heterocycles. The van der Waals surface area contributed by atoms with Gasteiger partial charge in [0.05, 0.1) is 36.6 Å². The molecule has 1 atom stereocenters. The summed E-state index contributed by atoms with van der Waals surface area (Å²) in [5.41, 5.74) is 0.698. The Morgan fingerprint density at radius 3 is 2.96 bits per heavy atom. The van der Waals surface area contributed by atoms with Gasteiger partial charge in [0.15, 0.2) is 0 Å². The third-order valence-electron chi connectivity index (χ3n) is 4.07. The zero-order chi connectivity index (χ0) is 17.3. The molecule has 2 aromatic heterocycles. The highest BCUT2D eigenvalue weighted by Crippen LogP contribution is 2.25. The lowest BCUT2D eigenvalue weighted by atomic mass is 10.2. The molecule has 3 heterocycles. The van der Waals surface area contributed by atoms with E-state index in [1.165, 1.54) is 10.6 Å². The Morgan fingerprint density at radius 2 is 2.29 bits per heavy atom. The van der Waals surface area contributed by atoms with E-state index in [4.69, 9.17) is 4.42 Å². The zero-order valence-electron chi connectivity index (χ0n) is 13.5. The van der Waals surface area contributed by atoms with Crippen molar-refractivity contribution in [3.63, 3.8) is 0 Å². The van der Waals surface area contributed by atoms with Gasteiger partial charge in [-0.05, 0) is 26.0 Å². The van der Waals surface area contributed by atoms with Gasteiger partial charge in [-0.3, -0.25) is 4.79 Å². The average molecular weight is 352 g/mol. The number of furan rings is 1. The van der Waals surface area contributed by atoms with Crippen molar-refractivity contribution in [1.82, 2.24) is 19.2 Å². The molecule has 0 radical (unpaired) electrons. The zero-order valence-corrected chi connectivity index (χ0v) is 14.4. The van der Waals surface area contributed by atoms with E-state index in [2.05, 4.69) is 10.3 Å². The van der Waals surface area contributed by atoms with Crippen LogP contribution in [0.25, 0.3) is 0 Å². The second kappa shape index (κ2) is 6.40. The van der Waals surface area contributed by atoms with Crippen molar-refractivity contribution in [2.45, 2.75) is 38.2 Å². The number of rotatable bonds is 5. The summed E-state index contributed by atoms with van der Waals surface area (Å²) in [6.07, 6.45) is 4.69. The van der Waals surface area contributed by atoms with Crippen LogP contribution in [0.3, 0.4) is 0 Å². The lowest BCUT2D eigenvalue weighted by Crippen LogP contribution is -2.48. The molecule has 1 N–H and O–H groups in total. The van der Waals surface area contributed by atoms with Crippen LogP contribution < -0.4 is 5.32 Å². The van der Waals surface area contributed by atoms with Crippen LogP contribution in [0.15, 0.2) is 35.3 Å². The highest BCUT2D eigenvalue weighted by Gasteiger charge is 2.36. The van der Waals surface area contributed by atoms with Gasteiger partial charge in [-0.15, -0.1) is 0 Å². The Morgan fingerprint density at radius 1 is 1.50 bits per heavy atom. The molecular weight excluding hydrogens is 332 g/mol. The largest absolute Gasteiger partial charge is 0.467 e. The number of hydrogen-bond donors (Lipinski definition) is 1. The molecular formula is C15H20N4O4S. The number of nitrogens with one attached hydrogen (secondary N) is 1. The van der Waals surface area contributed by atoms with Crippen LogP contribution >= 0.6 is 0 Å². The molecule has 1 aliphatic heterocycles. The minimum atomic E-state index is -3.45. The highest BCUT2D eigenvalue weighted by atomic mass is 32.2. The predicted octanol–water partition coefficient (Wildman–Crippen LogP) is 0.887. The summed E-state index contributed by atoms with van der Waals surface area (Å²) < 4.78 is 33.2. The number of imidazole rings is 1. The van der Waals surface area contributed by atoms with E-state index >= 15 is 0 Å². The fourth-order valence-corrected chi connectivity index (χ4v) is 3.93. The van der Waals surface area contributed by atoms with E-state index in [-0.39, 0.29) is 25.5 Å². The van der Waals surface area contributed by atoms with Crippen LogP contribution in [0.4, 0.5) is 0 Å². The van der Waals surface area contributed by atoms with Crippen molar-refractivity contribution in [3.05, 3.63) is 42.4 Å². The first-order valence-electron chi connectivity index (χ1n) is 7.69. The summed E-state index contributed by atoms with van der Waals surface area (Å²) in [6, 6.07) is 2.85. The summed E-state index contributed by atoms with van der Waals surface area (Å²) in [7, 11) is -3.45. The van der Waals surface area contributed by atoms with Gasteiger partial charge < -0.3 is 14.3 Å². The van der Waals surface area contributed by atoms with Gasteiger partial charge in [0, 0.05) is 12.7 Å². The first-order valence-corrected chi connectivity index (χ1v) is 9.19. The summed E-state index contributed by atoms with van der Waals surface area (Å²) in [5, 5.41) is 2.24. The average Bonchev–Trinajstić information content (AvgIpc) is 3.22. The predicted molar refractivity (Wildman–Crippen MR) is 86.3 cm³/mol. The molecule has 9 heteroatoms. The molecule has 0 aliphatic carbocycles. The van der Waals surface area contributed by atoms with Crippen LogP contribution in [0.1, 0.15) is 31.3 Å². The van der Waals surface area contributed by atoms with Gasteiger partial charge in [0.2, 0.25) is 15.9 Å². The third-order valence-corrected chi connectivity index (χ3v) is 6.26. The van der Waals surface area contributed by atoms with E-state index in [1.54, 1.807) is 43.1 Å². The van der Waals surface area contributed by atoms with Crippen molar-refractivity contribution in [3.8, 4) is 0 Å². The van der Waals surface area contributed by atoms with Crippen molar-refractivity contribution >= 4 is 15.9 Å². The molecule has 0 aromatic carbocycles. The smallest absolute Gasteiger partial charge is 0.244 e. The molecule has 24 heavy (non-hydrogen) atoms. The van der Waals surface area contributed by atoms with Crippen molar-refractivity contribution in [1.29, 1.82) is 0 Å². The maximum absolute atomic E-state index is 12.6. The van der Waals surface area contributed by atoms with Crippen LogP contribution in [-0.2, 0) is 27.9 Å². The van der Waals surface area contributed by atoms with Crippen molar-refractivity contribution in [2.24, 2.45) is 0 Å². The Bertz CT molecular complexity index is 810. The summed E-state index contributed by atoms with van der Waals surface area (Å²) >= 11 is 0. The molecule has 8 nitrogen and oxygen atoms in total. The molecule has 0 fully saturated rings. The monoisotopic (exact) mass is 352 g/mol. The molecule has 2 aromatic rings. The quantitative estimate of drug-likeness (QED) is 0.862. The number of sulfonamides is 1. The Hall–Kier alpha value is -2.13. The van der Waals surface area contributed by atoms with Gasteiger partial charge in [0.1, 0.15) is 11.8 Å². The van der Waals surface area contributed by atoms with Crippen LogP contribution in [-0.4, -0.2) is 40.0 Å². The van der Waals surface area contributed by atoms with E-state index in [9.17, 15) is 13.2 Å². The first kappa shape index (κ1) is 16.7. The highest BCUT2D eigenvalue weighted by molar-refractivity contribution is 7.89. The van der Waals surface area contributed by atoms with Crippen LogP contribution in [0, 0.1) is 0 Å². The maximum Gasteiger partial charge on any atom is 0.244 e. The SMILES string of the molecule is CC(C)S(=O)(=O)N1Cc2cncn2C(C(=O)NCc2ccco2)C1. The molecule has 1 unspecified atom stereocenters. The molecule has 130 valence electrons. The minimum Gasteiger partial charge on any atom is -0.467 e. The number of aromatic nitrogens is 2. The summed E-state index contributed by atoms with van der Waals surface area (Å²) in [6.45, 7) is 3.83. The standard InChI is InChI=1S/C15H20N4O4S/c1-11(2)24(21,22)18-8-12-6-16-10-19(12)14(9-18)15(20)17-7-13-4-3-5-23-13/h3-6,10-11,14H,7-9H2,1-2H3,(H,17,20). The number of carbonyl (C=O) groups is 1. The number of nitrogens with zero attached hydrogens (tertiary/aromatic N) is 3. The second-order valence-electron chi connectivity index (χ2n) is 5.99. The van der Waals surface area contributed by atoms with Crippen molar-refractivity contribution in [2.75, 3.05) is 6.54 Å². The number of amides is 1. The van der Waals surface area contributed by atoms with E-state index in [0.717, 1.165) is 0 Å². The fourth-order valence-electron chi connectivity index (χ4n) is 2.67. The Balaban J connectivity index is 1.80. The van der Waals surface area contributed by atoms with E-state index in [1.807, 2.05) is 0 Å². The molecule has 1 amide bonds. The van der Waals surface area contributed by atoms with Crippen LogP contribution in [0.5, 0.6) is 0 Å². The Labute approximate surface area is 140 Å². The Kier molecular flexibility index (Phi) is 4.46. The maximum atomic E-state index is 12.6. The van der Waals surface area contributed by atoms with E-state index < -0.39 is 21.3 Å². The molecule has 0 spiro atoms. The molecule has 0 bridgehead atoms. The lowest BCUT2D eigenvalue weighted by Gasteiger charge is -2.33. The van der Waals surface area contributed by atoms with E-state index in [0.29, 0.717) is 11.5 Å². The number of hydrogen-bond acceptors (Lipinski definition) is 5. The second-order valence-corrected chi connectivity index (χ2v) is 8.48. The third kappa shape index (κ3) is 3.09. The normalized spacial score (nSPS) is 18.5. The molecule has 3 rings (SSSR count). The number of carbonyl (C=O) groups excluding carboxylic acids is 1. The van der Waals surface area contributed by atoms with Gasteiger partial charge in [-0.25, -0.2) is 13.4 Å². The molecule has 0 saturated carbocycles. The topological polar surface area (TPSA) is 97.4 Å². The molecule has 1 aliphatic rings. The lowest BCUT2D eigenvalue weighted by molar-refractivity contribution is -0.125. The van der Waals surface area contributed by atoms with Gasteiger partial charge >= 0.3 is 0 Å². The fraction of sp³-hybridized carbons (Fsp3) is 0.467.